The van der Waals surface area contributed by atoms with E-state index in [2.05, 4.69) is 5.18 Å². The maximum Gasteiger partial charge on any atom is 0.249 e. The molecule has 1 heterocycles. The number of nitroso groups, excluding NO2 is 1. The third kappa shape index (κ3) is 4.00. The largest absolute Gasteiger partial charge is 0.361 e. The number of amides is 1. The van der Waals surface area contributed by atoms with Crippen molar-refractivity contribution in [1.82, 2.24) is 4.90 Å². The Morgan fingerprint density at radius 2 is 1.84 bits per heavy atom. The van der Waals surface area contributed by atoms with Gasteiger partial charge in [-0.1, -0.05) is 52.6 Å². The van der Waals surface area contributed by atoms with Crippen LogP contribution in [0.15, 0.2) is 53.7 Å². The molecule has 1 aliphatic heterocycles. The Labute approximate surface area is 155 Å². The van der Waals surface area contributed by atoms with Crippen molar-refractivity contribution in [3.8, 4) is 0 Å². The number of rotatable bonds is 5. The summed E-state index contributed by atoms with van der Waals surface area (Å²) in [7, 11) is 0. The molecule has 5 nitrogen and oxygen atoms in total. The first-order chi connectivity index (χ1) is 12.1. The highest BCUT2D eigenvalue weighted by Crippen LogP contribution is 2.40. The average Bonchev–Trinajstić information content (AvgIpc) is 2.61. The van der Waals surface area contributed by atoms with Crippen LogP contribution in [0.3, 0.4) is 0 Å². The summed E-state index contributed by atoms with van der Waals surface area (Å²) >= 11 is 12.1. The molecule has 2 aromatic carbocycles. The Bertz CT molecular complexity index is 767. The zero-order valence-corrected chi connectivity index (χ0v) is 14.8. The lowest BCUT2D eigenvalue weighted by atomic mass is 9.92. The molecule has 1 saturated heterocycles. The van der Waals surface area contributed by atoms with Crippen LogP contribution in [0, 0.1) is 4.91 Å². The van der Waals surface area contributed by atoms with E-state index < -0.39 is 12.1 Å². The number of hydrogen-bond acceptors (Lipinski definition) is 4. The summed E-state index contributed by atoms with van der Waals surface area (Å²) in [6, 6.07) is 14.2. The number of carbonyl (C=O) groups is 1. The van der Waals surface area contributed by atoms with Crippen molar-refractivity contribution >= 4 is 29.1 Å². The van der Waals surface area contributed by atoms with Crippen LogP contribution in [0.2, 0.25) is 10.0 Å². The van der Waals surface area contributed by atoms with Gasteiger partial charge in [-0.15, -0.1) is 0 Å². The number of ether oxygens (including phenoxy) is 1. The number of hydrogen-bond donors (Lipinski definition) is 0. The van der Waals surface area contributed by atoms with Crippen molar-refractivity contribution in [1.29, 1.82) is 0 Å². The van der Waals surface area contributed by atoms with E-state index in [-0.39, 0.29) is 25.6 Å². The molecule has 0 spiro atoms. The van der Waals surface area contributed by atoms with Gasteiger partial charge >= 0.3 is 0 Å². The van der Waals surface area contributed by atoms with Gasteiger partial charge in [0.15, 0.2) is 0 Å². The van der Waals surface area contributed by atoms with Crippen molar-refractivity contribution in [3.63, 3.8) is 0 Å². The van der Waals surface area contributed by atoms with Gasteiger partial charge in [0.05, 0.1) is 12.6 Å². The minimum atomic E-state index is -0.399. The van der Waals surface area contributed by atoms with Crippen molar-refractivity contribution in [2.45, 2.75) is 12.1 Å². The molecule has 3 rings (SSSR count). The summed E-state index contributed by atoms with van der Waals surface area (Å²) in [5.41, 5.74) is 1.73. The normalized spacial score (nSPS) is 20.6. The van der Waals surface area contributed by atoms with Crippen molar-refractivity contribution in [2.75, 3.05) is 19.7 Å². The predicted molar refractivity (Wildman–Crippen MR) is 96.7 cm³/mol. The summed E-state index contributed by atoms with van der Waals surface area (Å²) < 4.78 is 5.85. The second-order valence-corrected chi connectivity index (χ2v) is 6.60. The highest BCUT2D eigenvalue weighted by Gasteiger charge is 2.38. The van der Waals surface area contributed by atoms with E-state index >= 15 is 0 Å². The second-order valence-electron chi connectivity index (χ2n) is 5.72. The van der Waals surface area contributed by atoms with Gasteiger partial charge in [0.2, 0.25) is 5.91 Å². The maximum absolute atomic E-state index is 12.4. The first-order valence-corrected chi connectivity index (χ1v) is 8.57. The smallest absolute Gasteiger partial charge is 0.249 e. The molecule has 2 atom stereocenters. The summed E-state index contributed by atoms with van der Waals surface area (Å²) in [4.78, 5) is 24.6. The standard InChI is InChI=1S/C18H16Cl2N2O3/c19-14-6-4-12(5-7-14)17-18(13-2-1-3-15(20)10-13)25-11-16(23)22(17)9-8-21-24/h1-7,10,17-18H,8-9,11H2. The highest BCUT2D eigenvalue weighted by atomic mass is 35.5. The Balaban J connectivity index is 2.03. The highest BCUT2D eigenvalue weighted by molar-refractivity contribution is 6.30. The molecule has 130 valence electrons. The number of benzene rings is 2. The fourth-order valence-electron chi connectivity index (χ4n) is 3.04. The van der Waals surface area contributed by atoms with Crippen molar-refractivity contribution in [2.24, 2.45) is 5.18 Å². The second kappa shape index (κ2) is 7.95. The third-order valence-corrected chi connectivity index (χ3v) is 4.64. The molecular formula is C18H16Cl2N2O3. The monoisotopic (exact) mass is 378 g/mol. The predicted octanol–water partition coefficient (Wildman–Crippen LogP) is 4.40. The van der Waals surface area contributed by atoms with Crippen LogP contribution in [-0.2, 0) is 9.53 Å². The first kappa shape index (κ1) is 17.9. The summed E-state index contributed by atoms with van der Waals surface area (Å²) in [6.07, 6.45) is -0.399. The van der Waals surface area contributed by atoms with Gasteiger partial charge in [-0.25, -0.2) is 0 Å². The van der Waals surface area contributed by atoms with E-state index in [1.165, 1.54) is 0 Å². The third-order valence-electron chi connectivity index (χ3n) is 4.15. The van der Waals surface area contributed by atoms with E-state index in [1.54, 1.807) is 23.1 Å². The zero-order valence-electron chi connectivity index (χ0n) is 13.3. The molecule has 25 heavy (non-hydrogen) atoms. The number of halogens is 2. The van der Waals surface area contributed by atoms with Gasteiger partial charge < -0.3 is 9.64 Å². The van der Waals surface area contributed by atoms with Crippen molar-refractivity contribution in [3.05, 3.63) is 74.6 Å². The molecule has 0 N–H and O–H groups in total. The molecule has 2 unspecified atom stereocenters. The molecule has 0 saturated carbocycles. The van der Waals surface area contributed by atoms with Crippen LogP contribution >= 0.6 is 23.2 Å². The zero-order chi connectivity index (χ0) is 17.8. The van der Waals surface area contributed by atoms with Gasteiger partial charge in [-0.3, -0.25) is 4.79 Å². The fourth-order valence-corrected chi connectivity index (χ4v) is 3.37. The molecule has 1 fully saturated rings. The van der Waals surface area contributed by atoms with E-state index in [1.807, 2.05) is 30.3 Å². The number of carbonyl (C=O) groups excluding carboxylic acids is 1. The topological polar surface area (TPSA) is 59.0 Å². The lowest BCUT2D eigenvalue weighted by molar-refractivity contribution is -0.158. The van der Waals surface area contributed by atoms with Gasteiger partial charge in [-0.2, -0.15) is 4.91 Å². The Morgan fingerprint density at radius 1 is 1.08 bits per heavy atom. The SMILES string of the molecule is O=NCCN1C(=O)COC(c2cccc(Cl)c2)C1c1ccc(Cl)cc1. The molecule has 0 bridgehead atoms. The van der Waals surface area contributed by atoms with E-state index in [0.717, 1.165) is 11.1 Å². The minimum absolute atomic E-state index is 0.0259. The van der Waals surface area contributed by atoms with Gasteiger partial charge in [-0.05, 0) is 35.4 Å². The van der Waals surface area contributed by atoms with Crippen molar-refractivity contribution < 1.29 is 9.53 Å². The van der Waals surface area contributed by atoms with Crippen LogP contribution < -0.4 is 0 Å². The average molecular weight is 379 g/mol. The molecule has 1 amide bonds. The quantitative estimate of drug-likeness (QED) is 0.724. The van der Waals surface area contributed by atoms with Crippen LogP contribution in [0.5, 0.6) is 0 Å². The van der Waals surface area contributed by atoms with E-state index in [0.29, 0.717) is 10.0 Å². The summed E-state index contributed by atoms with van der Waals surface area (Å²) in [5.74, 6) is -0.179. The van der Waals surface area contributed by atoms with Gasteiger partial charge in [0.25, 0.3) is 0 Å². The summed E-state index contributed by atoms with van der Waals surface area (Å²) in [5, 5.41) is 4.09. The molecule has 0 radical (unpaired) electrons. The molecule has 1 aliphatic rings. The Morgan fingerprint density at radius 3 is 2.52 bits per heavy atom. The van der Waals surface area contributed by atoms with Crippen LogP contribution in [0.1, 0.15) is 23.3 Å². The molecule has 0 aromatic heterocycles. The van der Waals surface area contributed by atoms with E-state index in [4.69, 9.17) is 27.9 Å². The van der Waals surface area contributed by atoms with Gasteiger partial charge in [0.1, 0.15) is 12.7 Å². The van der Waals surface area contributed by atoms with E-state index in [9.17, 15) is 9.70 Å². The maximum atomic E-state index is 12.4. The minimum Gasteiger partial charge on any atom is -0.361 e. The molecule has 2 aromatic rings. The summed E-state index contributed by atoms with van der Waals surface area (Å²) in [6.45, 7) is 0.203. The van der Waals surface area contributed by atoms with Crippen LogP contribution in [0.4, 0.5) is 0 Å². The number of nitrogens with zero attached hydrogens (tertiary/aromatic N) is 2. The first-order valence-electron chi connectivity index (χ1n) is 7.81. The molecular weight excluding hydrogens is 363 g/mol. The Hall–Kier alpha value is -1.95. The lowest BCUT2D eigenvalue weighted by Gasteiger charge is -2.41. The lowest BCUT2D eigenvalue weighted by Crippen LogP contribution is -2.46. The molecule has 7 heteroatoms. The van der Waals surface area contributed by atoms with Gasteiger partial charge in [0, 0.05) is 16.6 Å². The Kier molecular flexibility index (Phi) is 5.68. The fraction of sp³-hybridized carbons (Fsp3) is 0.278. The van der Waals surface area contributed by atoms with Crippen LogP contribution in [0.25, 0.3) is 0 Å². The number of morpholine rings is 1. The van der Waals surface area contributed by atoms with Crippen LogP contribution in [-0.4, -0.2) is 30.5 Å². The molecule has 0 aliphatic carbocycles.